The summed E-state index contributed by atoms with van der Waals surface area (Å²) in [6, 6.07) is 13.8. The quantitative estimate of drug-likeness (QED) is 0.490. The molecule has 0 N–H and O–H groups in total. The standard InChI is InChI=1S/C22H12N2O6/c25-21-15(23-19(29-21)17-3-1-9-27-17)11-13-5-7-14(8-6-13)12-16-22(26)30-20(24-16)18-4-2-10-28-18/h1-12H/b15-11-,16-12+. The average Bonchev–Trinajstić information content (AvgIpc) is 3.53. The predicted molar refractivity (Wildman–Crippen MR) is 105 cm³/mol. The Morgan fingerprint density at radius 1 is 0.633 bits per heavy atom. The lowest BCUT2D eigenvalue weighted by molar-refractivity contribution is -0.130. The van der Waals surface area contributed by atoms with Crippen LogP contribution in [0.5, 0.6) is 0 Å². The van der Waals surface area contributed by atoms with E-state index in [4.69, 9.17) is 18.3 Å². The molecule has 0 saturated carbocycles. The Balaban J connectivity index is 1.36. The zero-order valence-electron chi connectivity index (χ0n) is 15.3. The molecule has 0 amide bonds. The van der Waals surface area contributed by atoms with Crippen molar-refractivity contribution in [3.05, 3.63) is 95.1 Å². The highest BCUT2D eigenvalue weighted by Gasteiger charge is 2.26. The fourth-order valence-corrected chi connectivity index (χ4v) is 2.83. The van der Waals surface area contributed by atoms with Gasteiger partial charge in [-0.1, -0.05) is 24.3 Å². The van der Waals surface area contributed by atoms with Gasteiger partial charge in [-0.05, 0) is 47.5 Å². The minimum absolute atomic E-state index is 0.127. The Bertz CT molecular complexity index is 1140. The molecule has 4 heterocycles. The molecule has 3 aromatic rings. The molecule has 0 unspecified atom stereocenters. The Morgan fingerprint density at radius 2 is 1.07 bits per heavy atom. The van der Waals surface area contributed by atoms with Crippen LogP contribution in [0.25, 0.3) is 12.2 Å². The zero-order valence-corrected chi connectivity index (χ0v) is 15.3. The third-order valence-electron chi connectivity index (χ3n) is 4.25. The van der Waals surface area contributed by atoms with E-state index in [-0.39, 0.29) is 23.2 Å². The van der Waals surface area contributed by atoms with Crippen LogP contribution in [0.1, 0.15) is 22.6 Å². The van der Waals surface area contributed by atoms with Gasteiger partial charge in [0.15, 0.2) is 22.9 Å². The molecule has 0 spiro atoms. The van der Waals surface area contributed by atoms with E-state index in [0.717, 1.165) is 11.1 Å². The van der Waals surface area contributed by atoms with Crippen molar-refractivity contribution in [2.45, 2.75) is 0 Å². The number of hydrogen-bond acceptors (Lipinski definition) is 8. The molecule has 0 radical (unpaired) electrons. The van der Waals surface area contributed by atoms with Gasteiger partial charge in [-0.3, -0.25) is 0 Å². The average molecular weight is 400 g/mol. The van der Waals surface area contributed by atoms with Crippen molar-refractivity contribution in [3.63, 3.8) is 0 Å². The van der Waals surface area contributed by atoms with Gasteiger partial charge in [0.1, 0.15) is 0 Å². The van der Waals surface area contributed by atoms with Gasteiger partial charge in [0.05, 0.1) is 12.5 Å². The monoisotopic (exact) mass is 400 g/mol. The van der Waals surface area contributed by atoms with Gasteiger partial charge in [-0.25, -0.2) is 19.6 Å². The second-order valence-electron chi connectivity index (χ2n) is 6.29. The van der Waals surface area contributed by atoms with E-state index >= 15 is 0 Å². The summed E-state index contributed by atoms with van der Waals surface area (Å²) in [5.74, 6) is -0.0920. The molecule has 5 rings (SSSR count). The van der Waals surface area contributed by atoms with Crippen LogP contribution in [0.15, 0.2) is 91.3 Å². The van der Waals surface area contributed by atoms with Gasteiger partial charge in [-0.2, -0.15) is 0 Å². The summed E-state index contributed by atoms with van der Waals surface area (Å²) in [7, 11) is 0. The van der Waals surface area contributed by atoms with Gasteiger partial charge < -0.3 is 18.3 Å². The Labute approximate surface area is 169 Å². The van der Waals surface area contributed by atoms with Crippen LogP contribution in [0.3, 0.4) is 0 Å². The normalized spacial score (nSPS) is 18.5. The fourth-order valence-electron chi connectivity index (χ4n) is 2.83. The van der Waals surface area contributed by atoms with Crippen molar-refractivity contribution in [3.8, 4) is 0 Å². The van der Waals surface area contributed by atoms with E-state index in [0.29, 0.717) is 11.5 Å². The molecule has 0 atom stereocenters. The smallest absolute Gasteiger partial charge is 0.363 e. The molecule has 0 saturated heterocycles. The molecule has 2 aliphatic heterocycles. The number of cyclic esters (lactones) is 2. The predicted octanol–water partition coefficient (Wildman–Crippen LogP) is 3.56. The first-order valence-electron chi connectivity index (χ1n) is 8.89. The number of nitrogens with zero attached hydrogens (tertiary/aromatic N) is 2. The van der Waals surface area contributed by atoms with Crippen molar-refractivity contribution in [1.82, 2.24) is 0 Å². The lowest BCUT2D eigenvalue weighted by Gasteiger charge is -1.97. The number of ether oxygens (including phenoxy) is 2. The molecule has 146 valence electrons. The Morgan fingerprint density at radius 3 is 1.43 bits per heavy atom. The van der Waals surface area contributed by atoms with Crippen LogP contribution in [0.2, 0.25) is 0 Å². The van der Waals surface area contributed by atoms with E-state index in [2.05, 4.69) is 9.98 Å². The highest BCUT2D eigenvalue weighted by molar-refractivity contribution is 6.12. The first kappa shape index (κ1) is 17.6. The Kier molecular flexibility index (Phi) is 4.21. The lowest BCUT2D eigenvalue weighted by Crippen LogP contribution is -2.04. The molecule has 8 heteroatoms. The third kappa shape index (κ3) is 3.37. The largest absolute Gasteiger partial charge is 0.459 e. The van der Waals surface area contributed by atoms with Crippen LogP contribution in [-0.4, -0.2) is 23.7 Å². The summed E-state index contributed by atoms with van der Waals surface area (Å²) < 4.78 is 20.6. The number of rotatable bonds is 4. The number of esters is 2. The van der Waals surface area contributed by atoms with Crippen LogP contribution >= 0.6 is 0 Å². The number of furan rings is 2. The van der Waals surface area contributed by atoms with Crippen molar-refractivity contribution in [2.24, 2.45) is 9.98 Å². The second-order valence-corrected chi connectivity index (χ2v) is 6.29. The van der Waals surface area contributed by atoms with E-state index in [1.54, 1.807) is 60.7 Å². The van der Waals surface area contributed by atoms with E-state index in [9.17, 15) is 9.59 Å². The highest BCUT2D eigenvalue weighted by Crippen LogP contribution is 2.22. The molecule has 0 fully saturated rings. The van der Waals surface area contributed by atoms with Gasteiger partial charge in [0.25, 0.3) is 11.8 Å². The fraction of sp³-hybridized carbons (Fsp3) is 0. The van der Waals surface area contributed by atoms with E-state index in [1.807, 2.05) is 0 Å². The van der Waals surface area contributed by atoms with Gasteiger partial charge in [-0.15, -0.1) is 0 Å². The summed E-state index contributed by atoms with van der Waals surface area (Å²) in [6.07, 6.45) is 6.16. The minimum Gasteiger partial charge on any atom is -0.459 e. The van der Waals surface area contributed by atoms with Crippen LogP contribution in [-0.2, 0) is 19.1 Å². The summed E-state index contributed by atoms with van der Waals surface area (Å²) in [6.45, 7) is 0. The number of benzene rings is 1. The maximum Gasteiger partial charge on any atom is 0.363 e. The SMILES string of the molecule is O=C1OC(c2ccco2)=N/C1=C\c1ccc(/C=C2/N=C(c3ccco3)OC2=O)cc1. The maximum absolute atomic E-state index is 12.0. The van der Waals surface area contributed by atoms with Crippen molar-refractivity contribution < 1.29 is 27.9 Å². The van der Waals surface area contributed by atoms with Crippen LogP contribution in [0.4, 0.5) is 0 Å². The van der Waals surface area contributed by atoms with E-state index in [1.165, 1.54) is 12.5 Å². The van der Waals surface area contributed by atoms with Crippen LogP contribution < -0.4 is 0 Å². The molecular weight excluding hydrogens is 388 g/mol. The molecule has 30 heavy (non-hydrogen) atoms. The maximum atomic E-state index is 12.0. The van der Waals surface area contributed by atoms with Crippen LogP contribution in [0, 0.1) is 0 Å². The van der Waals surface area contributed by atoms with Gasteiger partial charge in [0, 0.05) is 0 Å². The van der Waals surface area contributed by atoms with Crippen molar-refractivity contribution in [1.29, 1.82) is 0 Å². The molecule has 2 aliphatic rings. The van der Waals surface area contributed by atoms with Crippen molar-refractivity contribution in [2.75, 3.05) is 0 Å². The summed E-state index contributed by atoms with van der Waals surface area (Å²) >= 11 is 0. The number of hydrogen-bond donors (Lipinski definition) is 0. The summed E-state index contributed by atoms with van der Waals surface area (Å²) in [5, 5.41) is 0. The molecular formula is C22H12N2O6. The highest BCUT2D eigenvalue weighted by atomic mass is 16.6. The summed E-state index contributed by atoms with van der Waals surface area (Å²) in [5.41, 5.74) is 1.81. The first-order chi connectivity index (χ1) is 14.7. The second kappa shape index (κ2) is 7.17. The molecule has 0 bridgehead atoms. The summed E-state index contributed by atoms with van der Waals surface area (Å²) in [4.78, 5) is 32.4. The molecule has 8 nitrogen and oxygen atoms in total. The minimum atomic E-state index is -0.555. The third-order valence-corrected chi connectivity index (χ3v) is 4.25. The van der Waals surface area contributed by atoms with Gasteiger partial charge >= 0.3 is 11.9 Å². The number of carbonyl (C=O) groups is 2. The van der Waals surface area contributed by atoms with E-state index < -0.39 is 11.9 Å². The number of carbonyl (C=O) groups excluding carboxylic acids is 2. The zero-order chi connectivity index (χ0) is 20.5. The molecule has 2 aromatic heterocycles. The molecule has 1 aromatic carbocycles. The number of aliphatic imine (C=N–C) groups is 2. The topological polar surface area (TPSA) is 104 Å². The molecule has 0 aliphatic carbocycles. The first-order valence-corrected chi connectivity index (χ1v) is 8.89. The Hall–Kier alpha value is -4.46. The van der Waals surface area contributed by atoms with Gasteiger partial charge in [0.2, 0.25) is 0 Å². The van der Waals surface area contributed by atoms with Crippen molar-refractivity contribution >= 4 is 35.9 Å². The lowest BCUT2D eigenvalue weighted by atomic mass is 10.1.